The van der Waals surface area contributed by atoms with E-state index in [0.717, 1.165) is 44.9 Å². The Hall–Kier alpha value is -1.02. The molecule has 0 aromatic carbocycles. The van der Waals surface area contributed by atoms with Crippen LogP contribution in [0.2, 0.25) is 0 Å². The second-order valence-electron chi connectivity index (χ2n) is 21.0. The number of quaternary nitrogens is 1. The Morgan fingerprint density at radius 3 is 1.24 bits per heavy atom. The number of aliphatic hydroxyl groups is 1. The van der Waals surface area contributed by atoms with Gasteiger partial charge in [0.2, 0.25) is 5.91 Å². The lowest BCUT2D eigenvalue weighted by atomic mass is 10.0. The van der Waals surface area contributed by atoms with Gasteiger partial charge in [-0.15, -0.1) is 0 Å². The molecule has 3 atom stereocenters. The molecule has 0 heterocycles. The number of hydrogen-bond donors (Lipinski definition) is 3. The van der Waals surface area contributed by atoms with Crippen molar-refractivity contribution in [3.8, 4) is 0 Å². The van der Waals surface area contributed by atoms with Crippen LogP contribution in [0, 0.1) is 0 Å². The molecule has 0 aliphatic carbocycles. The quantitative estimate of drug-likeness (QED) is 0.0243. The molecule has 0 aliphatic rings. The summed E-state index contributed by atoms with van der Waals surface area (Å²) in [5, 5.41) is 14.0. The van der Waals surface area contributed by atoms with Crippen molar-refractivity contribution in [2.75, 3.05) is 40.9 Å². The van der Waals surface area contributed by atoms with E-state index in [2.05, 4.69) is 43.5 Å². The number of phosphoric ester groups is 1. The summed E-state index contributed by atoms with van der Waals surface area (Å²) in [6.45, 7) is 4.92. The Balaban J connectivity index is 4.08. The molecule has 0 aromatic heterocycles. The lowest BCUT2D eigenvalue weighted by Gasteiger charge is -2.26. The fraction of sp³-hybridized carbons (Fsp3) is 0.912. The molecule has 8 nitrogen and oxygen atoms in total. The van der Waals surface area contributed by atoms with E-state index in [9.17, 15) is 19.4 Å². The molecule has 0 saturated carbocycles. The first-order valence-electron chi connectivity index (χ1n) is 28.7. The number of nitrogens with zero attached hydrogens (tertiary/aromatic N) is 1. The summed E-state index contributed by atoms with van der Waals surface area (Å²) in [4.78, 5) is 23.3. The molecule has 0 spiro atoms. The highest BCUT2D eigenvalue weighted by Gasteiger charge is 2.28. The minimum atomic E-state index is -4.32. The van der Waals surface area contributed by atoms with Gasteiger partial charge >= 0.3 is 7.82 Å². The Morgan fingerprint density at radius 1 is 0.515 bits per heavy atom. The topological polar surface area (TPSA) is 105 Å². The number of carbonyl (C=O) groups excluding carboxylic acids is 1. The maximum absolute atomic E-state index is 13.0. The van der Waals surface area contributed by atoms with Crippen LogP contribution in [0.4, 0.5) is 0 Å². The van der Waals surface area contributed by atoms with Crippen molar-refractivity contribution < 1.29 is 32.9 Å². The predicted octanol–water partition coefficient (Wildman–Crippen LogP) is 17.2. The normalized spacial score (nSPS) is 14.1. The zero-order chi connectivity index (χ0) is 48.5. The summed E-state index contributed by atoms with van der Waals surface area (Å²) in [5.74, 6) is -0.142. The summed E-state index contributed by atoms with van der Waals surface area (Å²) in [5.41, 5.74) is 0. The molecule has 392 valence electrons. The van der Waals surface area contributed by atoms with Crippen molar-refractivity contribution in [1.82, 2.24) is 5.32 Å². The van der Waals surface area contributed by atoms with Gasteiger partial charge in [0.25, 0.3) is 0 Å². The molecule has 0 rings (SSSR count). The van der Waals surface area contributed by atoms with Crippen LogP contribution in [0.25, 0.3) is 0 Å². The molecule has 0 bridgehead atoms. The number of carbonyl (C=O) groups is 1. The maximum atomic E-state index is 13.0. The Kier molecular flexibility index (Phi) is 48.2. The van der Waals surface area contributed by atoms with Crippen molar-refractivity contribution in [3.63, 3.8) is 0 Å². The van der Waals surface area contributed by atoms with Crippen LogP contribution in [0.5, 0.6) is 0 Å². The van der Waals surface area contributed by atoms with Crippen LogP contribution >= 0.6 is 7.82 Å². The zero-order valence-electron chi connectivity index (χ0n) is 44.7. The first-order valence-corrected chi connectivity index (χ1v) is 30.2. The summed E-state index contributed by atoms with van der Waals surface area (Å²) in [6.07, 6.45) is 60.9. The van der Waals surface area contributed by atoms with Gasteiger partial charge in [-0.25, -0.2) is 4.57 Å². The number of allylic oxidation sites excluding steroid dienone is 4. The molecule has 0 aliphatic heterocycles. The van der Waals surface area contributed by atoms with Gasteiger partial charge in [0.15, 0.2) is 0 Å². The van der Waals surface area contributed by atoms with Crippen LogP contribution < -0.4 is 5.32 Å². The van der Waals surface area contributed by atoms with Crippen molar-refractivity contribution >= 4 is 13.7 Å². The molecular formula is C57H114N2O6P+. The van der Waals surface area contributed by atoms with E-state index < -0.39 is 20.0 Å². The number of unbranched alkanes of at least 4 members (excludes halogenated alkanes) is 36. The highest BCUT2D eigenvalue weighted by Crippen LogP contribution is 2.43. The predicted molar refractivity (Wildman–Crippen MR) is 286 cm³/mol. The molecule has 0 radical (unpaired) electrons. The number of phosphoric acid groups is 1. The Morgan fingerprint density at radius 2 is 0.864 bits per heavy atom. The standard InChI is InChI=1S/C57H113N2O6P/c1-6-8-10-12-14-16-18-20-22-23-24-25-26-27-28-29-30-31-32-33-34-35-37-39-41-43-45-47-49-51-57(61)58-55(54-65-66(62,63)64-53-52-59(3,4)5)56(60)50-48-46-44-42-40-38-36-21-19-17-15-13-11-9-7-2/h24-25,27-28,55-56,60H,6-23,26,29-54H2,1-5H3,(H-,58,61,62,63)/p+1/b25-24-,28-27-. The van der Waals surface area contributed by atoms with Crippen molar-refractivity contribution in [2.45, 2.75) is 296 Å². The van der Waals surface area contributed by atoms with Gasteiger partial charge in [0, 0.05) is 6.42 Å². The largest absolute Gasteiger partial charge is 0.472 e. The van der Waals surface area contributed by atoms with E-state index >= 15 is 0 Å². The minimum absolute atomic E-state index is 0.0760. The van der Waals surface area contributed by atoms with Gasteiger partial charge in [-0.2, -0.15) is 0 Å². The third kappa shape index (κ3) is 50.8. The number of likely N-dealkylation sites (N-methyl/N-ethyl adjacent to an activating group) is 1. The molecule has 3 N–H and O–H groups in total. The van der Waals surface area contributed by atoms with Crippen molar-refractivity contribution in [3.05, 3.63) is 24.3 Å². The first kappa shape index (κ1) is 65.0. The van der Waals surface area contributed by atoms with Gasteiger partial charge in [0.1, 0.15) is 13.2 Å². The lowest BCUT2D eigenvalue weighted by Crippen LogP contribution is -2.46. The van der Waals surface area contributed by atoms with Gasteiger partial charge in [-0.3, -0.25) is 13.8 Å². The molecule has 3 unspecified atom stereocenters. The molecule has 1 amide bonds. The van der Waals surface area contributed by atoms with E-state index in [1.807, 2.05) is 21.1 Å². The van der Waals surface area contributed by atoms with E-state index in [0.29, 0.717) is 23.9 Å². The molecule has 0 saturated heterocycles. The fourth-order valence-electron chi connectivity index (χ4n) is 8.67. The number of aliphatic hydroxyl groups excluding tert-OH is 1. The average Bonchev–Trinajstić information content (AvgIpc) is 3.28. The lowest BCUT2D eigenvalue weighted by molar-refractivity contribution is -0.870. The second kappa shape index (κ2) is 49.0. The highest BCUT2D eigenvalue weighted by molar-refractivity contribution is 7.47. The van der Waals surface area contributed by atoms with Crippen LogP contribution in [0.1, 0.15) is 284 Å². The zero-order valence-corrected chi connectivity index (χ0v) is 45.6. The summed E-state index contributed by atoms with van der Waals surface area (Å²) in [7, 11) is 1.62. The number of amides is 1. The van der Waals surface area contributed by atoms with Crippen LogP contribution in [0.3, 0.4) is 0 Å². The summed E-state index contributed by atoms with van der Waals surface area (Å²) in [6, 6.07) is -0.759. The van der Waals surface area contributed by atoms with Crippen molar-refractivity contribution in [2.24, 2.45) is 0 Å². The van der Waals surface area contributed by atoms with Gasteiger partial charge in [0.05, 0.1) is 39.9 Å². The van der Waals surface area contributed by atoms with Gasteiger partial charge in [-0.05, 0) is 44.9 Å². The minimum Gasteiger partial charge on any atom is -0.391 e. The average molecular weight is 955 g/mol. The summed E-state index contributed by atoms with van der Waals surface area (Å²) >= 11 is 0. The van der Waals surface area contributed by atoms with Crippen LogP contribution in [0.15, 0.2) is 24.3 Å². The number of rotatable bonds is 53. The fourth-order valence-corrected chi connectivity index (χ4v) is 9.40. The third-order valence-corrected chi connectivity index (χ3v) is 14.2. The molecule has 0 fully saturated rings. The van der Waals surface area contributed by atoms with Gasteiger partial charge < -0.3 is 19.8 Å². The van der Waals surface area contributed by atoms with E-state index in [4.69, 9.17) is 9.05 Å². The second-order valence-corrected chi connectivity index (χ2v) is 22.5. The molecule has 0 aromatic rings. The number of hydrogen-bond acceptors (Lipinski definition) is 5. The first-order chi connectivity index (χ1) is 32.0. The SMILES string of the molecule is CCCCCCCCCCC/C=C\C/C=C\CCCCCCCCCCCCCCCC(=O)NC(COP(=O)(O)OCC[N+](C)(C)C)C(O)CCCCCCCCCCCCCCCCC. The van der Waals surface area contributed by atoms with E-state index in [1.165, 1.54) is 212 Å². The maximum Gasteiger partial charge on any atom is 0.472 e. The molecule has 66 heavy (non-hydrogen) atoms. The molecule has 9 heteroatoms. The monoisotopic (exact) mass is 954 g/mol. The Labute approximate surface area is 411 Å². The van der Waals surface area contributed by atoms with Crippen molar-refractivity contribution in [1.29, 1.82) is 0 Å². The van der Waals surface area contributed by atoms with Crippen LogP contribution in [-0.2, 0) is 18.4 Å². The highest BCUT2D eigenvalue weighted by atomic mass is 31.2. The van der Waals surface area contributed by atoms with Gasteiger partial charge in [-0.1, -0.05) is 256 Å². The smallest absolute Gasteiger partial charge is 0.391 e. The Bertz CT molecular complexity index is 1130. The van der Waals surface area contributed by atoms with Crippen LogP contribution in [-0.4, -0.2) is 73.4 Å². The third-order valence-electron chi connectivity index (χ3n) is 13.2. The number of nitrogens with one attached hydrogen (secondary N) is 1. The molecular weight excluding hydrogens is 840 g/mol. The summed E-state index contributed by atoms with van der Waals surface area (Å²) < 4.78 is 23.8. The van der Waals surface area contributed by atoms with E-state index in [1.54, 1.807) is 0 Å². The van der Waals surface area contributed by atoms with E-state index in [-0.39, 0.29) is 19.1 Å².